The van der Waals surface area contributed by atoms with Gasteiger partial charge in [-0.3, -0.25) is 10.1 Å². The smallest absolute Gasteiger partial charge is 0.304 e. The molecule has 2 N–H and O–H groups in total. The van der Waals surface area contributed by atoms with Gasteiger partial charge < -0.3 is 10.4 Å². The maximum Gasteiger partial charge on any atom is 0.304 e. The monoisotopic (exact) mass is 319 g/mol. The Balaban J connectivity index is 2.35. The second kappa shape index (κ2) is 5.64. The van der Waals surface area contributed by atoms with Crippen molar-refractivity contribution in [2.45, 2.75) is 17.0 Å². The zero-order chi connectivity index (χ0) is 15.8. The number of β-amino-alcohol motifs (C(OH)–C–C–N with tert-alkyl or cyclic N) is 1. The second-order valence-corrected chi connectivity index (χ2v) is 6.68. The molecule has 1 aromatic rings. The summed E-state index contributed by atoms with van der Waals surface area (Å²) in [6, 6.07) is 1.72. The second-order valence-electron chi connectivity index (χ2n) is 4.68. The number of nitrogens with zero attached hydrogens (tertiary/aromatic N) is 2. The molecule has 1 aliphatic heterocycles. The summed E-state index contributed by atoms with van der Waals surface area (Å²) in [4.78, 5) is 9.21. The molecule has 0 radical (unpaired) electrons. The Morgan fingerprint density at radius 1 is 1.48 bits per heavy atom. The van der Waals surface area contributed by atoms with Gasteiger partial charge in [-0.2, -0.15) is 8.70 Å². The van der Waals surface area contributed by atoms with E-state index < -0.39 is 43.5 Å². The van der Waals surface area contributed by atoms with Gasteiger partial charge in [-0.25, -0.2) is 8.42 Å². The van der Waals surface area contributed by atoms with Crippen LogP contribution in [0.15, 0.2) is 23.1 Å². The Kier molecular flexibility index (Phi) is 4.23. The first-order valence-electron chi connectivity index (χ1n) is 6.06. The van der Waals surface area contributed by atoms with Crippen molar-refractivity contribution in [2.24, 2.45) is 0 Å². The first kappa shape index (κ1) is 15.8. The van der Waals surface area contributed by atoms with Crippen molar-refractivity contribution in [1.29, 1.82) is 0 Å². The molecule has 0 aliphatic carbocycles. The van der Waals surface area contributed by atoms with E-state index in [4.69, 9.17) is 0 Å². The average Bonchev–Trinajstić information content (AvgIpc) is 2.83. The highest BCUT2D eigenvalue weighted by atomic mass is 32.2. The molecule has 1 fully saturated rings. The lowest BCUT2D eigenvalue weighted by molar-refractivity contribution is -0.387. The first-order valence-corrected chi connectivity index (χ1v) is 7.50. The number of aliphatic hydroxyl groups is 1. The zero-order valence-corrected chi connectivity index (χ0v) is 11.9. The summed E-state index contributed by atoms with van der Waals surface area (Å²) in [5.41, 5.74) is -0.792. The lowest BCUT2D eigenvalue weighted by atomic mass is 10.2. The molecule has 2 atom stereocenters. The van der Waals surface area contributed by atoms with E-state index in [1.165, 1.54) is 7.05 Å². The van der Waals surface area contributed by atoms with Crippen molar-refractivity contribution in [1.82, 2.24) is 9.62 Å². The molecule has 1 heterocycles. The number of halogens is 1. The minimum absolute atomic E-state index is 0.263. The van der Waals surface area contributed by atoms with Gasteiger partial charge in [0.15, 0.2) is 0 Å². The first-order chi connectivity index (χ1) is 9.75. The Morgan fingerprint density at radius 2 is 2.14 bits per heavy atom. The van der Waals surface area contributed by atoms with Crippen LogP contribution in [0.2, 0.25) is 0 Å². The summed E-state index contributed by atoms with van der Waals surface area (Å²) in [5.74, 6) is -1.22. The van der Waals surface area contributed by atoms with Crippen LogP contribution in [0.3, 0.4) is 0 Å². The molecule has 8 nitrogen and oxygen atoms in total. The molecular weight excluding hydrogens is 305 g/mol. The largest absolute Gasteiger partial charge is 0.390 e. The molecule has 0 unspecified atom stereocenters. The van der Waals surface area contributed by atoms with E-state index in [1.807, 2.05) is 0 Å². The quantitative estimate of drug-likeness (QED) is 0.581. The third kappa shape index (κ3) is 2.88. The molecule has 0 spiro atoms. The Labute approximate surface area is 120 Å². The van der Waals surface area contributed by atoms with Crippen LogP contribution in [0.25, 0.3) is 0 Å². The third-order valence-corrected chi connectivity index (χ3v) is 5.29. The highest BCUT2D eigenvalue weighted by Crippen LogP contribution is 2.24. The molecule has 0 amide bonds. The molecular formula is C11H14FN3O5S. The molecule has 1 aliphatic rings. The van der Waals surface area contributed by atoms with E-state index in [0.717, 1.165) is 16.4 Å². The van der Waals surface area contributed by atoms with Gasteiger partial charge in [0.2, 0.25) is 15.8 Å². The molecule has 0 saturated carbocycles. The van der Waals surface area contributed by atoms with E-state index in [9.17, 15) is 28.0 Å². The molecule has 21 heavy (non-hydrogen) atoms. The van der Waals surface area contributed by atoms with Crippen molar-refractivity contribution < 1.29 is 22.8 Å². The number of nitro benzene ring substituents is 1. The molecule has 1 aromatic carbocycles. The molecule has 0 aromatic heterocycles. The highest BCUT2D eigenvalue weighted by molar-refractivity contribution is 7.89. The molecule has 1 saturated heterocycles. The Morgan fingerprint density at radius 3 is 2.62 bits per heavy atom. The predicted octanol–water partition coefficient (Wildman–Crippen LogP) is -0.313. The van der Waals surface area contributed by atoms with Crippen molar-refractivity contribution in [3.8, 4) is 0 Å². The zero-order valence-electron chi connectivity index (χ0n) is 11.1. The van der Waals surface area contributed by atoms with Gasteiger partial charge in [-0.15, -0.1) is 0 Å². The summed E-state index contributed by atoms with van der Waals surface area (Å²) in [6.45, 7) is 0.533. The predicted molar refractivity (Wildman–Crippen MR) is 70.7 cm³/mol. The maximum atomic E-state index is 13.6. The van der Waals surface area contributed by atoms with E-state index in [1.54, 1.807) is 0 Å². The summed E-state index contributed by atoms with van der Waals surface area (Å²) in [5, 5.41) is 23.1. The van der Waals surface area contributed by atoms with Gasteiger partial charge >= 0.3 is 5.69 Å². The fourth-order valence-corrected chi connectivity index (χ4v) is 3.56. The number of hydrogen-bond acceptors (Lipinski definition) is 6. The average molecular weight is 319 g/mol. The number of nitrogens with one attached hydrogen (secondary N) is 1. The van der Waals surface area contributed by atoms with Crippen LogP contribution in [0.5, 0.6) is 0 Å². The van der Waals surface area contributed by atoms with Gasteiger partial charge in [0.05, 0.1) is 22.0 Å². The van der Waals surface area contributed by atoms with E-state index in [0.29, 0.717) is 6.07 Å². The fourth-order valence-electron chi connectivity index (χ4n) is 2.16. The standard InChI is InChI=1S/C11H14FN3O5S/c1-14(10-5-13-6-11(10)16)21(19,20)7-2-3-9(15(17)18)8(12)4-7/h2-4,10-11,13,16H,5-6H2,1H3/t10-,11-/m0/s1. The normalized spacial score (nSPS) is 22.7. The van der Waals surface area contributed by atoms with E-state index in [-0.39, 0.29) is 13.1 Å². The van der Waals surface area contributed by atoms with Crippen LogP contribution in [0.4, 0.5) is 10.1 Å². The van der Waals surface area contributed by atoms with Crippen molar-refractivity contribution >= 4 is 15.7 Å². The van der Waals surface area contributed by atoms with Crippen LogP contribution < -0.4 is 5.32 Å². The Hall–Kier alpha value is -1.62. The van der Waals surface area contributed by atoms with E-state index >= 15 is 0 Å². The molecule has 116 valence electrons. The summed E-state index contributed by atoms with van der Waals surface area (Å²) in [6.07, 6.45) is -0.868. The highest BCUT2D eigenvalue weighted by Gasteiger charge is 2.36. The van der Waals surface area contributed by atoms with Gasteiger partial charge in [-0.1, -0.05) is 0 Å². The van der Waals surface area contributed by atoms with Crippen LogP contribution >= 0.6 is 0 Å². The number of sulfonamides is 1. The number of benzene rings is 1. The van der Waals surface area contributed by atoms with Crippen LogP contribution in [0, 0.1) is 15.9 Å². The van der Waals surface area contributed by atoms with E-state index in [2.05, 4.69) is 5.32 Å². The van der Waals surface area contributed by atoms with Crippen LogP contribution in [-0.4, -0.2) is 55.0 Å². The SMILES string of the molecule is CN([C@H]1CNC[C@@H]1O)S(=O)(=O)c1ccc([N+](=O)[O-])c(F)c1. The van der Waals surface area contributed by atoms with Gasteiger partial charge in [0.1, 0.15) is 0 Å². The molecule has 2 rings (SSSR count). The number of rotatable bonds is 4. The van der Waals surface area contributed by atoms with Crippen molar-refractivity contribution in [2.75, 3.05) is 20.1 Å². The molecule has 0 bridgehead atoms. The minimum Gasteiger partial charge on any atom is -0.390 e. The topological polar surface area (TPSA) is 113 Å². The van der Waals surface area contributed by atoms with Gasteiger partial charge in [0.25, 0.3) is 0 Å². The number of hydrogen-bond donors (Lipinski definition) is 2. The third-order valence-electron chi connectivity index (χ3n) is 3.41. The maximum absolute atomic E-state index is 13.6. The van der Waals surface area contributed by atoms with Crippen LogP contribution in [0.1, 0.15) is 0 Å². The van der Waals surface area contributed by atoms with Gasteiger partial charge in [-0.05, 0) is 6.07 Å². The lowest BCUT2D eigenvalue weighted by Gasteiger charge is -2.25. The summed E-state index contributed by atoms with van der Waals surface area (Å²) < 4.78 is 39.2. The number of aliphatic hydroxyl groups excluding tert-OH is 1. The Bertz CT molecular complexity index is 666. The van der Waals surface area contributed by atoms with Crippen molar-refractivity contribution in [3.63, 3.8) is 0 Å². The van der Waals surface area contributed by atoms with Crippen LogP contribution in [-0.2, 0) is 10.0 Å². The van der Waals surface area contributed by atoms with Gasteiger partial charge in [0, 0.05) is 32.3 Å². The molecule has 10 heteroatoms. The fraction of sp³-hybridized carbons (Fsp3) is 0.455. The van der Waals surface area contributed by atoms with Crippen molar-refractivity contribution in [3.05, 3.63) is 34.1 Å². The number of nitro groups is 1. The summed E-state index contributed by atoms with van der Waals surface area (Å²) in [7, 11) is -2.78. The minimum atomic E-state index is -4.05. The number of likely N-dealkylation sites (N-methyl/N-ethyl adjacent to an activating group) is 1. The summed E-state index contributed by atoms with van der Waals surface area (Å²) >= 11 is 0. The lowest BCUT2D eigenvalue weighted by Crippen LogP contribution is -2.44.